The van der Waals surface area contributed by atoms with Gasteiger partial charge in [0.1, 0.15) is 0 Å². The molecule has 5 nitrogen and oxygen atoms in total. The summed E-state index contributed by atoms with van der Waals surface area (Å²) in [4.78, 5) is 19.1. The van der Waals surface area contributed by atoms with Crippen LogP contribution in [-0.2, 0) is 4.74 Å². The lowest BCUT2D eigenvalue weighted by molar-refractivity contribution is 0.0582. The number of H-pyrrole nitrogens is 1. The van der Waals surface area contributed by atoms with Gasteiger partial charge in [-0.2, -0.15) is 0 Å². The van der Waals surface area contributed by atoms with E-state index in [1.165, 1.54) is 12.8 Å². The molecular weight excluding hydrogens is 254 g/mol. The Morgan fingerprint density at radius 3 is 3.10 bits per heavy atom. The van der Waals surface area contributed by atoms with E-state index < -0.39 is 0 Å². The minimum Gasteiger partial charge on any atom is -0.376 e. The highest BCUT2D eigenvalue weighted by Gasteiger charge is 2.15. The zero-order chi connectivity index (χ0) is 13.8. The van der Waals surface area contributed by atoms with Crippen LogP contribution in [0.5, 0.6) is 0 Å². The summed E-state index contributed by atoms with van der Waals surface area (Å²) in [5, 5.41) is 2.88. The van der Waals surface area contributed by atoms with Gasteiger partial charge in [-0.1, -0.05) is 12.8 Å². The van der Waals surface area contributed by atoms with Crippen molar-refractivity contribution in [2.45, 2.75) is 31.8 Å². The molecule has 1 aliphatic carbocycles. The van der Waals surface area contributed by atoms with Gasteiger partial charge in [0, 0.05) is 12.1 Å². The molecule has 5 heteroatoms. The first kappa shape index (κ1) is 13.1. The maximum Gasteiger partial charge on any atom is 0.251 e. The molecule has 3 rings (SSSR count). The molecule has 1 fully saturated rings. The molecule has 0 aliphatic heterocycles. The van der Waals surface area contributed by atoms with Crippen molar-refractivity contribution in [3.8, 4) is 0 Å². The van der Waals surface area contributed by atoms with Gasteiger partial charge in [0.25, 0.3) is 5.91 Å². The largest absolute Gasteiger partial charge is 0.376 e. The van der Waals surface area contributed by atoms with E-state index in [2.05, 4.69) is 15.3 Å². The summed E-state index contributed by atoms with van der Waals surface area (Å²) < 4.78 is 5.72. The summed E-state index contributed by atoms with van der Waals surface area (Å²) in [5.41, 5.74) is 2.38. The first-order valence-corrected chi connectivity index (χ1v) is 7.16. The molecule has 2 N–H and O–H groups in total. The second-order valence-corrected chi connectivity index (χ2v) is 5.17. The lowest BCUT2D eigenvalue weighted by Crippen LogP contribution is -2.28. The number of fused-ring (bicyclic) bond motifs is 1. The number of imidazole rings is 1. The van der Waals surface area contributed by atoms with E-state index in [4.69, 9.17) is 4.74 Å². The van der Waals surface area contributed by atoms with Gasteiger partial charge in [-0.25, -0.2) is 4.98 Å². The van der Waals surface area contributed by atoms with Crippen molar-refractivity contribution in [3.05, 3.63) is 30.1 Å². The van der Waals surface area contributed by atoms with Crippen LogP contribution in [0.2, 0.25) is 0 Å². The molecule has 1 heterocycles. The van der Waals surface area contributed by atoms with E-state index in [1.54, 1.807) is 12.4 Å². The lowest BCUT2D eigenvalue weighted by Gasteiger charge is -2.11. The van der Waals surface area contributed by atoms with Crippen molar-refractivity contribution in [2.75, 3.05) is 13.2 Å². The minimum atomic E-state index is -0.0727. The molecule has 0 bridgehead atoms. The second kappa shape index (κ2) is 6.05. The minimum absolute atomic E-state index is 0.0727. The highest BCUT2D eigenvalue weighted by molar-refractivity contribution is 5.97. The summed E-state index contributed by atoms with van der Waals surface area (Å²) >= 11 is 0. The number of hydrogen-bond acceptors (Lipinski definition) is 3. The average Bonchev–Trinajstić information content (AvgIpc) is 3.13. The van der Waals surface area contributed by atoms with Crippen LogP contribution in [0.1, 0.15) is 36.0 Å². The van der Waals surface area contributed by atoms with Crippen molar-refractivity contribution in [3.63, 3.8) is 0 Å². The predicted molar refractivity (Wildman–Crippen MR) is 76.6 cm³/mol. The number of benzene rings is 1. The Kier molecular flexibility index (Phi) is 3.97. The van der Waals surface area contributed by atoms with Crippen LogP contribution >= 0.6 is 0 Å². The van der Waals surface area contributed by atoms with Crippen molar-refractivity contribution in [1.29, 1.82) is 0 Å². The molecule has 0 atom stereocenters. The van der Waals surface area contributed by atoms with Gasteiger partial charge < -0.3 is 15.0 Å². The molecule has 0 radical (unpaired) electrons. The molecule has 1 amide bonds. The maximum atomic E-state index is 12.0. The first-order chi connectivity index (χ1) is 9.83. The fourth-order valence-electron chi connectivity index (χ4n) is 2.62. The maximum absolute atomic E-state index is 12.0. The number of ether oxygens (including phenoxy) is 1. The Hall–Kier alpha value is -1.88. The van der Waals surface area contributed by atoms with Crippen LogP contribution in [0.3, 0.4) is 0 Å². The summed E-state index contributed by atoms with van der Waals surface area (Å²) in [6.45, 7) is 1.14. The van der Waals surface area contributed by atoms with Gasteiger partial charge in [-0.05, 0) is 31.0 Å². The predicted octanol–water partition coefficient (Wildman–Crippen LogP) is 2.25. The lowest BCUT2D eigenvalue weighted by atomic mass is 10.2. The molecule has 0 saturated heterocycles. The number of amides is 1. The van der Waals surface area contributed by atoms with Crippen molar-refractivity contribution >= 4 is 16.9 Å². The number of aromatic nitrogens is 2. The van der Waals surface area contributed by atoms with E-state index in [-0.39, 0.29) is 5.91 Å². The van der Waals surface area contributed by atoms with Gasteiger partial charge >= 0.3 is 0 Å². The van der Waals surface area contributed by atoms with Crippen molar-refractivity contribution in [2.24, 2.45) is 0 Å². The molecule has 0 unspecified atom stereocenters. The number of rotatable bonds is 5. The van der Waals surface area contributed by atoms with Crippen LogP contribution in [0, 0.1) is 0 Å². The van der Waals surface area contributed by atoms with Crippen molar-refractivity contribution in [1.82, 2.24) is 15.3 Å². The normalized spacial score (nSPS) is 15.8. The quantitative estimate of drug-likeness (QED) is 0.821. The number of hydrogen-bond donors (Lipinski definition) is 2. The number of nitrogens with one attached hydrogen (secondary N) is 2. The smallest absolute Gasteiger partial charge is 0.251 e. The Balaban J connectivity index is 1.48. The Morgan fingerprint density at radius 1 is 1.40 bits per heavy atom. The second-order valence-electron chi connectivity index (χ2n) is 5.17. The molecule has 106 valence electrons. The SMILES string of the molecule is O=C(NCCOC1CCCC1)c1ccc2nc[nH]c2c1. The molecule has 1 saturated carbocycles. The summed E-state index contributed by atoms with van der Waals surface area (Å²) in [5.74, 6) is -0.0727. The third kappa shape index (κ3) is 2.99. The van der Waals surface area contributed by atoms with E-state index in [0.29, 0.717) is 24.8 Å². The van der Waals surface area contributed by atoms with Crippen LogP contribution < -0.4 is 5.32 Å². The number of aromatic amines is 1. The van der Waals surface area contributed by atoms with Crippen LogP contribution in [0.15, 0.2) is 24.5 Å². The topological polar surface area (TPSA) is 67.0 Å². The molecule has 2 aromatic rings. The van der Waals surface area contributed by atoms with Crippen LogP contribution in [0.25, 0.3) is 11.0 Å². The van der Waals surface area contributed by atoms with E-state index in [1.807, 2.05) is 12.1 Å². The molecular formula is C15H19N3O2. The van der Waals surface area contributed by atoms with E-state index >= 15 is 0 Å². The Labute approximate surface area is 117 Å². The molecule has 20 heavy (non-hydrogen) atoms. The molecule has 1 aromatic heterocycles. The zero-order valence-electron chi connectivity index (χ0n) is 11.4. The van der Waals surface area contributed by atoms with Crippen LogP contribution in [0.4, 0.5) is 0 Å². The third-order valence-corrected chi connectivity index (χ3v) is 3.73. The zero-order valence-corrected chi connectivity index (χ0v) is 11.4. The first-order valence-electron chi connectivity index (χ1n) is 7.16. The fraction of sp³-hybridized carbons (Fsp3) is 0.467. The summed E-state index contributed by atoms with van der Waals surface area (Å²) in [6, 6.07) is 5.45. The fourth-order valence-corrected chi connectivity index (χ4v) is 2.62. The van der Waals surface area contributed by atoms with E-state index in [0.717, 1.165) is 23.9 Å². The van der Waals surface area contributed by atoms with E-state index in [9.17, 15) is 4.79 Å². The molecule has 1 aliphatic rings. The number of carbonyl (C=O) groups excluding carboxylic acids is 1. The van der Waals surface area contributed by atoms with Crippen molar-refractivity contribution < 1.29 is 9.53 Å². The number of carbonyl (C=O) groups is 1. The Bertz CT molecular complexity index is 588. The average molecular weight is 273 g/mol. The van der Waals surface area contributed by atoms with Gasteiger partial charge in [0.05, 0.1) is 30.1 Å². The third-order valence-electron chi connectivity index (χ3n) is 3.73. The van der Waals surface area contributed by atoms with Gasteiger partial charge in [-0.3, -0.25) is 4.79 Å². The highest BCUT2D eigenvalue weighted by Crippen LogP contribution is 2.20. The van der Waals surface area contributed by atoms with Gasteiger partial charge in [0.15, 0.2) is 0 Å². The molecule has 0 spiro atoms. The van der Waals surface area contributed by atoms with Gasteiger partial charge in [0.2, 0.25) is 0 Å². The molecule has 1 aromatic carbocycles. The summed E-state index contributed by atoms with van der Waals surface area (Å²) in [7, 11) is 0. The Morgan fingerprint density at radius 2 is 2.25 bits per heavy atom. The number of nitrogens with zero attached hydrogens (tertiary/aromatic N) is 1. The van der Waals surface area contributed by atoms with Gasteiger partial charge in [-0.15, -0.1) is 0 Å². The monoisotopic (exact) mass is 273 g/mol. The van der Waals surface area contributed by atoms with Crippen LogP contribution in [-0.4, -0.2) is 35.1 Å². The standard InChI is InChI=1S/C15H19N3O2/c19-15(16-7-8-20-12-3-1-2-4-12)11-5-6-13-14(9-11)18-10-17-13/h5-6,9-10,12H,1-4,7-8H2,(H,16,19)(H,17,18). The highest BCUT2D eigenvalue weighted by atomic mass is 16.5. The summed E-state index contributed by atoms with van der Waals surface area (Å²) in [6.07, 6.45) is 6.87.